The summed E-state index contributed by atoms with van der Waals surface area (Å²) in [6, 6.07) is 12.9. The number of hydrazone groups is 1. The van der Waals surface area contributed by atoms with Crippen molar-refractivity contribution in [3.8, 4) is 11.5 Å². The van der Waals surface area contributed by atoms with Crippen LogP contribution < -0.4 is 14.9 Å². The van der Waals surface area contributed by atoms with E-state index >= 15 is 0 Å². The summed E-state index contributed by atoms with van der Waals surface area (Å²) in [4.78, 5) is 10.2. The van der Waals surface area contributed by atoms with Gasteiger partial charge in [0.25, 0.3) is 5.69 Å². The third kappa shape index (κ3) is 6.44. The molecule has 7 nitrogen and oxygen atoms in total. The Labute approximate surface area is 191 Å². The molecule has 11 heteroatoms. The Morgan fingerprint density at radius 3 is 2.41 bits per heavy atom. The molecule has 0 bridgehead atoms. The van der Waals surface area contributed by atoms with Crippen LogP contribution in [0.15, 0.2) is 65.8 Å². The molecule has 3 rings (SSSR count). The van der Waals surface area contributed by atoms with E-state index in [1.165, 1.54) is 18.3 Å². The van der Waals surface area contributed by atoms with Crippen molar-refractivity contribution in [2.45, 2.75) is 19.7 Å². The average molecular weight is 477 g/mol. The first-order valence-electron chi connectivity index (χ1n) is 9.96. The van der Waals surface area contributed by atoms with Crippen LogP contribution in [0.2, 0.25) is 0 Å². The van der Waals surface area contributed by atoms with E-state index in [9.17, 15) is 27.7 Å². The van der Waals surface area contributed by atoms with E-state index in [0.29, 0.717) is 29.7 Å². The van der Waals surface area contributed by atoms with Gasteiger partial charge in [-0.3, -0.25) is 15.5 Å². The van der Waals surface area contributed by atoms with Crippen molar-refractivity contribution in [2.24, 2.45) is 5.10 Å². The maximum Gasteiger partial charge on any atom is 0.416 e. The van der Waals surface area contributed by atoms with Crippen molar-refractivity contribution in [1.29, 1.82) is 0 Å². The van der Waals surface area contributed by atoms with Crippen LogP contribution >= 0.6 is 0 Å². The first kappa shape index (κ1) is 24.5. The number of hydrogen-bond donors (Lipinski definition) is 1. The fourth-order valence-corrected chi connectivity index (χ4v) is 2.86. The van der Waals surface area contributed by atoms with Gasteiger partial charge in [-0.2, -0.15) is 18.3 Å². The van der Waals surface area contributed by atoms with E-state index < -0.39 is 22.4 Å². The molecule has 0 spiro atoms. The normalized spacial score (nSPS) is 11.4. The fraction of sp³-hybridized carbons (Fsp3) is 0.174. The highest BCUT2D eigenvalue weighted by atomic mass is 19.4. The fourth-order valence-electron chi connectivity index (χ4n) is 2.86. The van der Waals surface area contributed by atoms with Crippen LogP contribution in [-0.4, -0.2) is 17.7 Å². The van der Waals surface area contributed by atoms with Gasteiger partial charge < -0.3 is 9.47 Å². The minimum absolute atomic E-state index is 0.187. The van der Waals surface area contributed by atoms with Gasteiger partial charge in [0.1, 0.15) is 18.1 Å². The molecule has 0 heterocycles. The van der Waals surface area contributed by atoms with Gasteiger partial charge in [-0.05, 0) is 60.5 Å². The predicted molar refractivity (Wildman–Crippen MR) is 118 cm³/mol. The molecular formula is C23H19F4N3O4. The zero-order chi connectivity index (χ0) is 24.7. The Kier molecular flexibility index (Phi) is 7.67. The van der Waals surface area contributed by atoms with Crippen LogP contribution in [-0.2, 0) is 12.8 Å². The first-order chi connectivity index (χ1) is 16.2. The highest BCUT2D eigenvalue weighted by Gasteiger charge is 2.33. The monoisotopic (exact) mass is 477 g/mol. The van der Waals surface area contributed by atoms with Gasteiger partial charge in [0.15, 0.2) is 11.5 Å². The zero-order valence-electron chi connectivity index (χ0n) is 17.8. The molecule has 0 unspecified atom stereocenters. The Bertz CT molecular complexity index is 1180. The van der Waals surface area contributed by atoms with E-state index in [4.69, 9.17) is 9.47 Å². The Morgan fingerprint density at radius 2 is 1.76 bits per heavy atom. The number of nitro groups is 1. The lowest BCUT2D eigenvalue weighted by Gasteiger charge is -2.12. The van der Waals surface area contributed by atoms with Crippen LogP contribution in [0.1, 0.15) is 23.6 Å². The molecule has 0 aliphatic heterocycles. The van der Waals surface area contributed by atoms with Crippen LogP contribution in [0.25, 0.3) is 0 Å². The second-order valence-electron chi connectivity index (χ2n) is 6.91. The molecule has 0 radical (unpaired) electrons. The molecule has 178 valence electrons. The maximum absolute atomic E-state index is 13.0. The van der Waals surface area contributed by atoms with Gasteiger partial charge in [0.2, 0.25) is 0 Å². The molecule has 0 amide bonds. The smallest absolute Gasteiger partial charge is 0.416 e. The molecule has 0 aliphatic carbocycles. The van der Waals surface area contributed by atoms with Crippen molar-refractivity contribution < 1.29 is 32.0 Å². The molecule has 34 heavy (non-hydrogen) atoms. The summed E-state index contributed by atoms with van der Waals surface area (Å²) in [6.45, 7) is 2.33. The lowest BCUT2D eigenvalue weighted by molar-refractivity contribution is -0.384. The van der Waals surface area contributed by atoms with Crippen molar-refractivity contribution >= 4 is 17.6 Å². The SMILES string of the molecule is CCOc1cc(/C=N\Nc2ccc(C(F)(F)F)cc2[N+](=O)[O-])ccc1OCc1ccc(F)cc1. The Balaban J connectivity index is 1.74. The van der Waals surface area contributed by atoms with Crippen LogP contribution in [0, 0.1) is 15.9 Å². The second kappa shape index (κ2) is 10.6. The van der Waals surface area contributed by atoms with Crippen LogP contribution in [0.4, 0.5) is 28.9 Å². The molecule has 0 fully saturated rings. The minimum Gasteiger partial charge on any atom is -0.490 e. The molecule has 0 atom stereocenters. The largest absolute Gasteiger partial charge is 0.490 e. The van der Waals surface area contributed by atoms with Gasteiger partial charge in [-0.15, -0.1) is 0 Å². The highest BCUT2D eigenvalue weighted by Crippen LogP contribution is 2.35. The summed E-state index contributed by atoms with van der Waals surface area (Å²) >= 11 is 0. The third-order valence-electron chi connectivity index (χ3n) is 4.50. The predicted octanol–water partition coefficient (Wildman–Crippen LogP) is 6.18. The number of hydrogen-bond acceptors (Lipinski definition) is 6. The summed E-state index contributed by atoms with van der Waals surface area (Å²) in [5.41, 5.74) is 1.61. The van der Waals surface area contributed by atoms with Crippen molar-refractivity contribution in [2.75, 3.05) is 12.0 Å². The molecule has 0 aliphatic rings. The lowest BCUT2D eigenvalue weighted by atomic mass is 10.1. The second-order valence-corrected chi connectivity index (χ2v) is 6.91. The number of rotatable bonds is 9. The Morgan fingerprint density at radius 1 is 1.03 bits per heavy atom. The molecule has 3 aromatic rings. The van der Waals surface area contributed by atoms with Gasteiger partial charge >= 0.3 is 6.18 Å². The first-order valence-corrected chi connectivity index (χ1v) is 9.96. The summed E-state index contributed by atoms with van der Waals surface area (Å²) in [7, 11) is 0. The number of nitrogens with one attached hydrogen (secondary N) is 1. The Hall–Kier alpha value is -4.15. The lowest BCUT2D eigenvalue weighted by Crippen LogP contribution is -2.06. The number of nitro benzene ring substituents is 1. The molecular weight excluding hydrogens is 458 g/mol. The number of halogens is 4. The topological polar surface area (TPSA) is 86.0 Å². The van der Waals surface area contributed by atoms with Gasteiger partial charge in [-0.1, -0.05) is 12.1 Å². The molecule has 1 N–H and O–H groups in total. The number of nitrogens with zero attached hydrogens (tertiary/aromatic N) is 2. The van der Waals surface area contributed by atoms with E-state index in [0.717, 1.165) is 17.7 Å². The van der Waals surface area contributed by atoms with Crippen molar-refractivity contribution in [1.82, 2.24) is 0 Å². The number of anilines is 1. The number of benzene rings is 3. The standard InChI is InChI=1S/C23H19F4N3O4/c1-2-33-22-11-16(5-10-21(22)34-14-15-3-7-18(24)8-4-15)13-28-29-19-9-6-17(23(25,26)27)12-20(19)30(31)32/h3-13,29H,2,14H2,1H3/b28-13-. The molecule has 0 saturated carbocycles. The molecule has 3 aromatic carbocycles. The third-order valence-corrected chi connectivity index (χ3v) is 4.50. The zero-order valence-corrected chi connectivity index (χ0v) is 17.8. The molecule has 0 aromatic heterocycles. The molecule has 0 saturated heterocycles. The summed E-state index contributed by atoms with van der Waals surface area (Å²) in [5, 5.41) is 15.1. The summed E-state index contributed by atoms with van der Waals surface area (Å²) in [6.07, 6.45) is -3.38. The maximum atomic E-state index is 13.0. The number of ether oxygens (including phenoxy) is 2. The van der Waals surface area contributed by atoms with Gasteiger partial charge in [-0.25, -0.2) is 4.39 Å². The van der Waals surface area contributed by atoms with Crippen LogP contribution in [0.5, 0.6) is 11.5 Å². The van der Waals surface area contributed by atoms with Gasteiger partial charge in [0.05, 0.1) is 23.3 Å². The minimum atomic E-state index is -4.71. The number of alkyl halides is 3. The van der Waals surface area contributed by atoms with Gasteiger partial charge in [0, 0.05) is 6.07 Å². The summed E-state index contributed by atoms with van der Waals surface area (Å²) in [5.74, 6) is 0.501. The summed E-state index contributed by atoms with van der Waals surface area (Å²) < 4.78 is 62.9. The van der Waals surface area contributed by atoms with E-state index in [1.54, 1.807) is 37.3 Å². The van der Waals surface area contributed by atoms with E-state index in [1.807, 2.05) is 0 Å². The quantitative estimate of drug-likeness (QED) is 0.172. The van der Waals surface area contributed by atoms with E-state index in [-0.39, 0.29) is 18.1 Å². The average Bonchev–Trinajstić information content (AvgIpc) is 2.79. The van der Waals surface area contributed by atoms with Crippen molar-refractivity contribution in [3.05, 3.63) is 93.3 Å². The highest BCUT2D eigenvalue weighted by molar-refractivity contribution is 5.82. The van der Waals surface area contributed by atoms with Crippen LogP contribution in [0.3, 0.4) is 0 Å². The van der Waals surface area contributed by atoms with Crippen molar-refractivity contribution in [3.63, 3.8) is 0 Å². The van der Waals surface area contributed by atoms with E-state index in [2.05, 4.69) is 10.5 Å².